The molecule has 0 unspecified atom stereocenters. The lowest BCUT2D eigenvalue weighted by molar-refractivity contribution is 0.0942. The number of nitrogens with one attached hydrogen (secondary N) is 2. The van der Waals surface area contributed by atoms with Crippen molar-refractivity contribution in [2.75, 3.05) is 5.32 Å². The number of furan rings is 1. The van der Waals surface area contributed by atoms with Crippen molar-refractivity contribution in [2.24, 2.45) is 0 Å². The molecule has 0 aliphatic carbocycles. The Labute approximate surface area is 152 Å². The Bertz CT molecular complexity index is 871. The van der Waals surface area contributed by atoms with Gasteiger partial charge in [-0.1, -0.05) is 26.0 Å². The van der Waals surface area contributed by atoms with E-state index in [9.17, 15) is 4.79 Å². The zero-order chi connectivity index (χ0) is 18.5. The summed E-state index contributed by atoms with van der Waals surface area (Å²) in [5.41, 5.74) is 2.49. The van der Waals surface area contributed by atoms with Gasteiger partial charge in [-0.05, 0) is 42.7 Å². The molecule has 0 saturated carbocycles. The summed E-state index contributed by atoms with van der Waals surface area (Å²) in [5, 5.41) is 6.02. The van der Waals surface area contributed by atoms with E-state index in [0.717, 1.165) is 5.69 Å². The van der Waals surface area contributed by atoms with Gasteiger partial charge in [0.05, 0.1) is 12.8 Å². The van der Waals surface area contributed by atoms with Crippen molar-refractivity contribution in [3.8, 4) is 0 Å². The number of benzene rings is 1. The van der Waals surface area contributed by atoms with E-state index < -0.39 is 0 Å². The number of hydrogen-bond donors (Lipinski definition) is 2. The van der Waals surface area contributed by atoms with E-state index in [-0.39, 0.29) is 5.91 Å². The molecule has 3 rings (SSSR count). The number of amides is 1. The minimum absolute atomic E-state index is 0.273. The Morgan fingerprint density at radius 3 is 2.58 bits per heavy atom. The molecular weight excluding hydrogens is 328 g/mol. The summed E-state index contributed by atoms with van der Waals surface area (Å²) in [4.78, 5) is 20.9. The standard InChI is InChI=1S/C20H22N4O2/c1-13(2)15-6-8-16(9-7-15)24-19-11-18(22-14(3)23-19)20(25)21-12-17-5-4-10-26-17/h4-11,13H,12H2,1-3H3,(H,21,25)(H,22,23,24). The second kappa shape index (κ2) is 7.82. The van der Waals surface area contributed by atoms with Gasteiger partial charge in [0.2, 0.25) is 0 Å². The second-order valence-electron chi connectivity index (χ2n) is 6.35. The lowest BCUT2D eigenvalue weighted by Gasteiger charge is -2.10. The summed E-state index contributed by atoms with van der Waals surface area (Å²) in [7, 11) is 0. The van der Waals surface area contributed by atoms with E-state index in [0.29, 0.717) is 35.6 Å². The molecule has 1 amide bonds. The Kier molecular flexibility index (Phi) is 5.31. The fourth-order valence-corrected chi connectivity index (χ4v) is 2.52. The Balaban J connectivity index is 1.71. The summed E-state index contributed by atoms with van der Waals surface area (Å²) in [6.45, 7) is 6.39. The van der Waals surface area contributed by atoms with Gasteiger partial charge < -0.3 is 15.1 Å². The highest BCUT2D eigenvalue weighted by molar-refractivity contribution is 5.93. The van der Waals surface area contributed by atoms with Crippen LogP contribution in [0.25, 0.3) is 0 Å². The molecule has 0 saturated heterocycles. The summed E-state index contributed by atoms with van der Waals surface area (Å²) in [6.07, 6.45) is 1.57. The lowest BCUT2D eigenvalue weighted by atomic mass is 10.0. The normalized spacial score (nSPS) is 10.8. The number of anilines is 2. The molecule has 2 aromatic heterocycles. The van der Waals surface area contributed by atoms with E-state index in [1.54, 1.807) is 31.4 Å². The third-order valence-corrected chi connectivity index (χ3v) is 3.92. The summed E-state index contributed by atoms with van der Waals surface area (Å²) < 4.78 is 5.21. The number of carbonyl (C=O) groups excluding carboxylic acids is 1. The van der Waals surface area contributed by atoms with Crippen molar-refractivity contribution in [3.63, 3.8) is 0 Å². The molecule has 2 heterocycles. The summed E-state index contributed by atoms with van der Waals surface area (Å²) >= 11 is 0. The van der Waals surface area contributed by atoms with Gasteiger partial charge in [-0.25, -0.2) is 9.97 Å². The van der Waals surface area contributed by atoms with Crippen molar-refractivity contribution in [3.05, 3.63) is 71.6 Å². The molecule has 0 atom stereocenters. The quantitative estimate of drug-likeness (QED) is 0.697. The van der Waals surface area contributed by atoms with E-state index in [1.807, 2.05) is 12.1 Å². The largest absolute Gasteiger partial charge is 0.467 e. The van der Waals surface area contributed by atoms with Gasteiger partial charge in [-0.2, -0.15) is 0 Å². The molecular formula is C20H22N4O2. The van der Waals surface area contributed by atoms with Crippen LogP contribution in [0.2, 0.25) is 0 Å². The molecule has 2 N–H and O–H groups in total. The maximum Gasteiger partial charge on any atom is 0.270 e. The van der Waals surface area contributed by atoms with Crippen LogP contribution in [-0.4, -0.2) is 15.9 Å². The van der Waals surface area contributed by atoms with Gasteiger partial charge in [0, 0.05) is 11.8 Å². The number of aryl methyl sites for hydroxylation is 1. The van der Waals surface area contributed by atoms with E-state index in [4.69, 9.17) is 4.42 Å². The maximum absolute atomic E-state index is 12.3. The van der Waals surface area contributed by atoms with Crippen molar-refractivity contribution in [1.29, 1.82) is 0 Å². The van der Waals surface area contributed by atoms with Crippen LogP contribution in [0.5, 0.6) is 0 Å². The van der Waals surface area contributed by atoms with E-state index in [2.05, 4.69) is 46.6 Å². The summed E-state index contributed by atoms with van der Waals surface area (Å²) in [5.74, 6) is 2.00. The van der Waals surface area contributed by atoms with Crippen molar-refractivity contribution in [1.82, 2.24) is 15.3 Å². The Hall–Kier alpha value is -3.15. The first-order chi connectivity index (χ1) is 12.5. The first kappa shape index (κ1) is 17.7. The van der Waals surface area contributed by atoms with Crippen LogP contribution >= 0.6 is 0 Å². The van der Waals surface area contributed by atoms with E-state index >= 15 is 0 Å². The average molecular weight is 350 g/mol. The molecule has 1 aromatic carbocycles. The van der Waals surface area contributed by atoms with Crippen LogP contribution in [0, 0.1) is 6.92 Å². The van der Waals surface area contributed by atoms with Gasteiger partial charge >= 0.3 is 0 Å². The Morgan fingerprint density at radius 2 is 1.92 bits per heavy atom. The lowest BCUT2D eigenvalue weighted by Crippen LogP contribution is -2.24. The molecule has 0 aliphatic heterocycles. The second-order valence-corrected chi connectivity index (χ2v) is 6.35. The predicted octanol–water partition coefficient (Wildman–Crippen LogP) is 4.18. The average Bonchev–Trinajstić information content (AvgIpc) is 3.13. The van der Waals surface area contributed by atoms with Gasteiger partial charge in [0.25, 0.3) is 5.91 Å². The molecule has 0 radical (unpaired) electrons. The summed E-state index contributed by atoms with van der Waals surface area (Å²) in [6, 6.07) is 13.4. The molecule has 0 spiro atoms. The predicted molar refractivity (Wildman–Crippen MR) is 100 cm³/mol. The highest BCUT2D eigenvalue weighted by atomic mass is 16.3. The third kappa shape index (κ3) is 4.47. The molecule has 134 valence electrons. The molecule has 3 aromatic rings. The fourth-order valence-electron chi connectivity index (χ4n) is 2.52. The van der Waals surface area contributed by atoms with Crippen molar-refractivity contribution >= 4 is 17.4 Å². The topological polar surface area (TPSA) is 80.0 Å². The molecule has 6 nitrogen and oxygen atoms in total. The van der Waals surface area contributed by atoms with Crippen LogP contribution < -0.4 is 10.6 Å². The number of nitrogens with zero attached hydrogens (tertiary/aromatic N) is 2. The zero-order valence-electron chi connectivity index (χ0n) is 15.1. The van der Waals surface area contributed by atoms with Gasteiger partial charge in [0.1, 0.15) is 23.1 Å². The first-order valence-corrected chi connectivity index (χ1v) is 8.54. The van der Waals surface area contributed by atoms with Gasteiger partial charge in [-0.15, -0.1) is 0 Å². The third-order valence-electron chi connectivity index (χ3n) is 3.92. The first-order valence-electron chi connectivity index (χ1n) is 8.54. The molecule has 0 aliphatic rings. The molecule has 0 fully saturated rings. The van der Waals surface area contributed by atoms with Crippen LogP contribution in [0.3, 0.4) is 0 Å². The number of aromatic nitrogens is 2. The van der Waals surface area contributed by atoms with Gasteiger partial charge in [0.15, 0.2) is 0 Å². The van der Waals surface area contributed by atoms with Crippen molar-refractivity contribution < 1.29 is 9.21 Å². The minimum Gasteiger partial charge on any atom is -0.467 e. The zero-order valence-corrected chi connectivity index (χ0v) is 15.1. The highest BCUT2D eigenvalue weighted by Gasteiger charge is 2.11. The number of carbonyl (C=O) groups is 1. The fraction of sp³-hybridized carbons (Fsp3) is 0.250. The van der Waals surface area contributed by atoms with Crippen LogP contribution in [0.4, 0.5) is 11.5 Å². The molecule has 26 heavy (non-hydrogen) atoms. The SMILES string of the molecule is Cc1nc(Nc2ccc(C(C)C)cc2)cc(C(=O)NCc2ccco2)n1. The van der Waals surface area contributed by atoms with Crippen LogP contribution in [0.15, 0.2) is 53.1 Å². The smallest absolute Gasteiger partial charge is 0.270 e. The number of rotatable bonds is 6. The van der Waals surface area contributed by atoms with Gasteiger partial charge in [-0.3, -0.25) is 4.79 Å². The Morgan fingerprint density at radius 1 is 1.15 bits per heavy atom. The number of hydrogen-bond acceptors (Lipinski definition) is 5. The highest BCUT2D eigenvalue weighted by Crippen LogP contribution is 2.20. The van der Waals surface area contributed by atoms with Crippen LogP contribution in [-0.2, 0) is 6.54 Å². The minimum atomic E-state index is -0.273. The maximum atomic E-state index is 12.3. The molecule has 6 heteroatoms. The monoisotopic (exact) mass is 350 g/mol. The van der Waals surface area contributed by atoms with Crippen LogP contribution in [0.1, 0.15) is 47.4 Å². The molecule has 0 bridgehead atoms. The van der Waals surface area contributed by atoms with Crippen molar-refractivity contribution in [2.45, 2.75) is 33.2 Å². The van der Waals surface area contributed by atoms with E-state index in [1.165, 1.54) is 5.56 Å².